The Hall–Kier alpha value is 0.170. The summed E-state index contributed by atoms with van der Waals surface area (Å²) in [6.07, 6.45) is 10.5. The van der Waals surface area contributed by atoms with Gasteiger partial charge in [-0.2, -0.15) is 0 Å². The molecule has 4 heteroatoms. The summed E-state index contributed by atoms with van der Waals surface area (Å²) in [6, 6.07) is 0. The summed E-state index contributed by atoms with van der Waals surface area (Å²) in [6.45, 7) is 8.99. The fraction of sp³-hybridized carbons (Fsp3) is 0.812. The average molecular weight is 409 g/mol. The molecule has 0 spiro atoms. The number of hydrogen-bond donors (Lipinski definition) is 0. The van der Waals surface area contributed by atoms with Gasteiger partial charge in [-0.05, 0) is 25.7 Å². The second-order valence-electron chi connectivity index (χ2n) is 5.55. The van der Waals surface area contributed by atoms with Crippen LogP contribution in [0.3, 0.4) is 0 Å². The standard InChI is InChI=1S/C16H29Br2N2/c1-4-6-8-10-12-19-14(3)20(16(18)15(19)17)13-11-9-7-5-2/h4-13H2,1-3H3/q+1. The average Bonchev–Trinajstić information content (AvgIpc) is 2.64. The Morgan fingerprint density at radius 3 is 2.10 bits per heavy atom. The van der Waals surface area contributed by atoms with E-state index in [9.17, 15) is 0 Å². The second-order valence-corrected chi connectivity index (χ2v) is 7.06. The van der Waals surface area contributed by atoms with E-state index in [0.717, 1.165) is 13.1 Å². The SMILES string of the molecule is CCCCCCn1c(Br)c(Br)[n+](CCCCCC)c1C. The minimum atomic E-state index is 1.12. The van der Waals surface area contributed by atoms with Gasteiger partial charge in [0.1, 0.15) is 0 Å². The van der Waals surface area contributed by atoms with E-state index >= 15 is 0 Å². The number of rotatable bonds is 10. The molecule has 0 atom stereocenters. The van der Waals surface area contributed by atoms with Gasteiger partial charge in [0, 0.05) is 38.8 Å². The van der Waals surface area contributed by atoms with Gasteiger partial charge in [0.25, 0.3) is 5.82 Å². The lowest BCUT2D eigenvalue weighted by Gasteiger charge is -2.02. The van der Waals surface area contributed by atoms with Crippen LogP contribution in [0.4, 0.5) is 0 Å². The lowest BCUT2D eigenvalue weighted by Crippen LogP contribution is -2.37. The third-order valence-corrected chi connectivity index (χ3v) is 6.04. The van der Waals surface area contributed by atoms with Gasteiger partial charge in [-0.15, -0.1) is 0 Å². The molecule has 0 aliphatic carbocycles. The zero-order valence-corrected chi connectivity index (χ0v) is 16.4. The monoisotopic (exact) mass is 407 g/mol. The van der Waals surface area contributed by atoms with Crippen LogP contribution < -0.4 is 4.57 Å². The van der Waals surface area contributed by atoms with Crippen LogP contribution in [0, 0.1) is 6.92 Å². The first kappa shape index (κ1) is 18.2. The summed E-state index contributed by atoms with van der Waals surface area (Å²) in [4.78, 5) is 0. The van der Waals surface area contributed by atoms with Crippen LogP contribution in [-0.2, 0) is 13.1 Å². The summed E-state index contributed by atoms with van der Waals surface area (Å²) in [5.41, 5.74) is 0. The molecule has 0 aliphatic heterocycles. The van der Waals surface area contributed by atoms with E-state index in [2.05, 4.69) is 61.8 Å². The normalized spacial score (nSPS) is 11.2. The zero-order chi connectivity index (χ0) is 15.0. The maximum absolute atomic E-state index is 3.74. The van der Waals surface area contributed by atoms with Crippen molar-refractivity contribution in [1.29, 1.82) is 0 Å². The molecule has 20 heavy (non-hydrogen) atoms. The molecule has 1 rings (SSSR count). The van der Waals surface area contributed by atoms with E-state index in [0.29, 0.717) is 0 Å². The van der Waals surface area contributed by atoms with Gasteiger partial charge < -0.3 is 0 Å². The highest BCUT2D eigenvalue weighted by Crippen LogP contribution is 2.23. The Kier molecular flexibility index (Phi) is 9.10. The van der Waals surface area contributed by atoms with Crippen molar-refractivity contribution in [3.63, 3.8) is 0 Å². The van der Waals surface area contributed by atoms with Crippen molar-refractivity contribution in [2.24, 2.45) is 0 Å². The summed E-state index contributed by atoms with van der Waals surface area (Å²) in [7, 11) is 0. The van der Waals surface area contributed by atoms with Crippen molar-refractivity contribution in [3.05, 3.63) is 15.0 Å². The van der Waals surface area contributed by atoms with E-state index in [1.165, 1.54) is 66.4 Å². The Morgan fingerprint density at radius 2 is 1.50 bits per heavy atom. The molecule has 1 aromatic heterocycles. The Bertz CT molecular complexity index is 364. The van der Waals surface area contributed by atoms with Gasteiger partial charge in [0.15, 0.2) is 0 Å². The Labute approximate surface area is 141 Å². The molecule has 1 heterocycles. The minimum Gasteiger partial charge on any atom is -0.221 e. The molecule has 116 valence electrons. The predicted molar refractivity (Wildman–Crippen MR) is 93.0 cm³/mol. The molecule has 0 radical (unpaired) electrons. The van der Waals surface area contributed by atoms with E-state index in [1.807, 2.05) is 0 Å². The smallest absolute Gasteiger partial charge is 0.221 e. The molecule has 0 N–H and O–H groups in total. The summed E-state index contributed by atoms with van der Waals surface area (Å²) < 4.78 is 7.20. The highest BCUT2D eigenvalue weighted by Gasteiger charge is 2.23. The summed E-state index contributed by atoms with van der Waals surface area (Å²) in [5, 5.41) is 0. The number of unbranched alkanes of at least 4 members (excludes halogenated alkanes) is 6. The molecular weight excluding hydrogens is 380 g/mol. The molecular formula is C16H29Br2N2+. The Morgan fingerprint density at radius 1 is 0.900 bits per heavy atom. The van der Waals surface area contributed by atoms with Crippen molar-refractivity contribution in [3.8, 4) is 0 Å². The largest absolute Gasteiger partial charge is 0.255 e. The van der Waals surface area contributed by atoms with E-state index in [4.69, 9.17) is 0 Å². The number of halogens is 2. The molecule has 0 aromatic carbocycles. The lowest BCUT2D eigenvalue weighted by atomic mass is 10.2. The molecule has 2 nitrogen and oxygen atoms in total. The highest BCUT2D eigenvalue weighted by atomic mass is 79.9. The number of hydrogen-bond acceptors (Lipinski definition) is 0. The van der Waals surface area contributed by atoms with Crippen LogP contribution in [0.5, 0.6) is 0 Å². The fourth-order valence-corrected chi connectivity index (χ4v) is 3.86. The van der Waals surface area contributed by atoms with Crippen LogP contribution in [0.15, 0.2) is 9.21 Å². The second kappa shape index (κ2) is 9.99. The molecule has 1 aromatic rings. The summed E-state index contributed by atoms with van der Waals surface area (Å²) in [5.74, 6) is 1.36. The molecule has 0 fully saturated rings. The van der Waals surface area contributed by atoms with Crippen LogP contribution in [-0.4, -0.2) is 4.57 Å². The molecule has 0 aliphatic rings. The first-order valence-corrected chi connectivity index (χ1v) is 9.66. The van der Waals surface area contributed by atoms with Crippen molar-refractivity contribution in [1.82, 2.24) is 4.57 Å². The van der Waals surface area contributed by atoms with Gasteiger partial charge in [-0.25, -0.2) is 9.13 Å². The topological polar surface area (TPSA) is 8.81 Å². The lowest BCUT2D eigenvalue weighted by molar-refractivity contribution is -0.713. The third-order valence-electron chi connectivity index (χ3n) is 3.90. The molecule has 0 saturated carbocycles. The van der Waals surface area contributed by atoms with Crippen molar-refractivity contribution < 1.29 is 4.57 Å². The quantitative estimate of drug-likeness (QED) is 0.343. The molecule has 0 bridgehead atoms. The maximum atomic E-state index is 3.74. The fourth-order valence-electron chi connectivity index (χ4n) is 2.57. The molecule has 0 unspecified atom stereocenters. The first-order valence-electron chi connectivity index (χ1n) is 8.07. The van der Waals surface area contributed by atoms with Crippen LogP contribution in [0.1, 0.15) is 71.0 Å². The summed E-state index contributed by atoms with van der Waals surface area (Å²) >= 11 is 7.48. The van der Waals surface area contributed by atoms with Gasteiger partial charge in [-0.1, -0.05) is 39.5 Å². The van der Waals surface area contributed by atoms with Crippen LogP contribution in [0.25, 0.3) is 0 Å². The molecule has 0 amide bonds. The van der Waals surface area contributed by atoms with Crippen molar-refractivity contribution in [2.45, 2.75) is 85.2 Å². The van der Waals surface area contributed by atoms with Crippen molar-refractivity contribution >= 4 is 31.9 Å². The van der Waals surface area contributed by atoms with E-state index < -0.39 is 0 Å². The van der Waals surface area contributed by atoms with Gasteiger partial charge >= 0.3 is 0 Å². The van der Waals surface area contributed by atoms with Crippen LogP contribution >= 0.6 is 31.9 Å². The van der Waals surface area contributed by atoms with Gasteiger partial charge in [0.05, 0.1) is 13.1 Å². The Balaban J connectivity index is 2.62. The number of aromatic nitrogens is 2. The van der Waals surface area contributed by atoms with Crippen molar-refractivity contribution in [2.75, 3.05) is 0 Å². The molecule has 0 saturated heterocycles. The third kappa shape index (κ3) is 5.18. The van der Waals surface area contributed by atoms with Gasteiger partial charge in [-0.3, -0.25) is 0 Å². The minimum absolute atomic E-state index is 1.12. The van der Waals surface area contributed by atoms with E-state index in [1.54, 1.807) is 0 Å². The maximum Gasteiger partial charge on any atom is 0.255 e. The number of imidazole rings is 1. The van der Waals surface area contributed by atoms with E-state index in [-0.39, 0.29) is 0 Å². The predicted octanol–water partition coefficient (Wildman–Crippen LogP) is 5.77. The highest BCUT2D eigenvalue weighted by molar-refractivity contribution is 9.13. The van der Waals surface area contributed by atoms with Crippen LogP contribution in [0.2, 0.25) is 0 Å². The zero-order valence-electron chi connectivity index (χ0n) is 13.2. The number of nitrogens with zero attached hydrogens (tertiary/aromatic N) is 2. The van der Waals surface area contributed by atoms with Gasteiger partial charge in [0.2, 0.25) is 9.21 Å². The first-order chi connectivity index (χ1) is 9.63.